The second-order valence-electron chi connectivity index (χ2n) is 7.47. The summed E-state index contributed by atoms with van der Waals surface area (Å²) in [6.07, 6.45) is -2.85. The summed E-state index contributed by atoms with van der Waals surface area (Å²) < 4.78 is 49.5. The van der Waals surface area contributed by atoms with Crippen LogP contribution in [0.2, 0.25) is 0 Å². The molecule has 2 heterocycles. The summed E-state index contributed by atoms with van der Waals surface area (Å²) in [5, 5.41) is 3.25. The van der Waals surface area contributed by atoms with Crippen molar-refractivity contribution in [3.63, 3.8) is 0 Å². The number of anilines is 3. The standard InChI is InChI=1S/C25H22F3N5O2/c1-3-20-22(15-5-4-6-18(13-15)34-2)32-24(29)33-23(20)31-16-7-9-17(10-8-16)35-19-11-12-30-21(14-19)25(26,27)28/h4-14H,3H2,1-2H3,(H3,29,31,32,33). The maximum absolute atomic E-state index is 12.9. The zero-order chi connectivity index (χ0) is 25.0. The van der Waals surface area contributed by atoms with Crippen LogP contribution >= 0.6 is 0 Å². The minimum absolute atomic E-state index is 0.0350. The van der Waals surface area contributed by atoms with Crippen LogP contribution in [0, 0.1) is 0 Å². The van der Waals surface area contributed by atoms with Crippen molar-refractivity contribution in [2.24, 2.45) is 0 Å². The van der Waals surface area contributed by atoms with Crippen LogP contribution in [0.15, 0.2) is 66.9 Å². The van der Waals surface area contributed by atoms with Crippen molar-refractivity contribution in [3.8, 4) is 28.5 Å². The SMILES string of the molecule is CCc1c(Nc2ccc(Oc3ccnc(C(F)(F)F)c3)cc2)nc(N)nc1-c1cccc(OC)c1. The van der Waals surface area contributed by atoms with Gasteiger partial charge >= 0.3 is 6.18 Å². The predicted molar refractivity (Wildman–Crippen MR) is 127 cm³/mol. The van der Waals surface area contributed by atoms with E-state index in [9.17, 15) is 13.2 Å². The van der Waals surface area contributed by atoms with Gasteiger partial charge in [0.2, 0.25) is 5.95 Å². The van der Waals surface area contributed by atoms with Gasteiger partial charge in [0.1, 0.15) is 28.8 Å². The molecular formula is C25H22F3N5O2. The van der Waals surface area contributed by atoms with E-state index < -0.39 is 11.9 Å². The number of methoxy groups -OCH3 is 1. The first-order valence-electron chi connectivity index (χ1n) is 10.7. The van der Waals surface area contributed by atoms with Crippen molar-refractivity contribution in [1.82, 2.24) is 15.0 Å². The molecule has 0 bridgehead atoms. The number of hydrogen-bond donors (Lipinski definition) is 2. The minimum atomic E-state index is -4.55. The largest absolute Gasteiger partial charge is 0.497 e. The molecule has 0 amide bonds. The van der Waals surface area contributed by atoms with Crippen molar-refractivity contribution in [3.05, 3.63) is 78.1 Å². The summed E-state index contributed by atoms with van der Waals surface area (Å²) in [6.45, 7) is 1.99. The van der Waals surface area contributed by atoms with Crippen LogP contribution in [0.25, 0.3) is 11.3 Å². The van der Waals surface area contributed by atoms with Crippen LogP contribution in [0.4, 0.5) is 30.6 Å². The van der Waals surface area contributed by atoms with Gasteiger partial charge in [0.25, 0.3) is 0 Å². The Labute approximate surface area is 199 Å². The Morgan fingerprint density at radius 1 is 0.943 bits per heavy atom. The number of aromatic nitrogens is 3. The van der Waals surface area contributed by atoms with Crippen LogP contribution in [0.5, 0.6) is 17.2 Å². The molecule has 4 rings (SSSR count). The molecule has 4 aromatic rings. The minimum Gasteiger partial charge on any atom is -0.497 e. The number of nitrogens with two attached hydrogens (primary N) is 1. The molecule has 35 heavy (non-hydrogen) atoms. The molecule has 180 valence electrons. The second kappa shape index (κ2) is 9.88. The summed E-state index contributed by atoms with van der Waals surface area (Å²) in [5.74, 6) is 1.76. The number of nitrogen functional groups attached to an aromatic ring is 1. The zero-order valence-corrected chi connectivity index (χ0v) is 18.9. The molecule has 10 heteroatoms. The van der Waals surface area contributed by atoms with Gasteiger partial charge in [-0.1, -0.05) is 19.1 Å². The highest BCUT2D eigenvalue weighted by molar-refractivity contribution is 5.73. The van der Waals surface area contributed by atoms with Gasteiger partial charge in [-0.05, 0) is 48.9 Å². The number of nitrogens with one attached hydrogen (secondary N) is 1. The molecule has 7 nitrogen and oxygen atoms in total. The van der Waals surface area contributed by atoms with E-state index in [1.165, 1.54) is 6.07 Å². The van der Waals surface area contributed by atoms with Gasteiger partial charge in [0.15, 0.2) is 0 Å². The first kappa shape index (κ1) is 23.8. The molecule has 0 spiro atoms. The van der Waals surface area contributed by atoms with E-state index in [1.54, 1.807) is 31.4 Å². The zero-order valence-electron chi connectivity index (χ0n) is 18.9. The molecule has 0 saturated heterocycles. The molecule has 2 aromatic carbocycles. The monoisotopic (exact) mass is 481 g/mol. The third-order valence-electron chi connectivity index (χ3n) is 5.10. The molecule has 0 aliphatic carbocycles. The lowest BCUT2D eigenvalue weighted by Gasteiger charge is -2.15. The molecule has 0 aliphatic rings. The number of hydrogen-bond acceptors (Lipinski definition) is 7. The normalized spacial score (nSPS) is 11.2. The van der Waals surface area contributed by atoms with E-state index >= 15 is 0 Å². The van der Waals surface area contributed by atoms with E-state index in [0.29, 0.717) is 35.1 Å². The molecular weight excluding hydrogens is 459 g/mol. The van der Waals surface area contributed by atoms with E-state index in [-0.39, 0.29) is 11.7 Å². The highest BCUT2D eigenvalue weighted by Gasteiger charge is 2.32. The lowest BCUT2D eigenvalue weighted by atomic mass is 10.0. The van der Waals surface area contributed by atoms with Gasteiger partial charge in [0.05, 0.1) is 12.8 Å². The van der Waals surface area contributed by atoms with Crippen LogP contribution in [-0.4, -0.2) is 22.1 Å². The Hall–Kier alpha value is -4.34. The maximum atomic E-state index is 12.9. The number of benzene rings is 2. The van der Waals surface area contributed by atoms with Gasteiger partial charge in [-0.15, -0.1) is 0 Å². The molecule has 2 aromatic heterocycles. The van der Waals surface area contributed by atoms with E-state index in [4.69, 9.17) is 15.2 Å². The first-order valence-corrected chi connectivity index (χ1v) is 10.7. The highest BCUT2D eigenvalue weighted by Crippen LogP contribution is 2.33. The quantitative estimate of drug-likeness (QED) is 0.322. The predicted octanol–water partition coefficient (Wildman–Crippen LogP) is 6.25. The fourth-order valence-electron chi connectivity index (χ4n) is 3.46. The number of ether oxygens (including phenoxy) is 2. The van der Waals surface area contributed by atoms with Crippen LogP contribution in [-0.2, 0) is 12.6 Å². The summed E-state index contributed by atoms with van der Waals surface area (Å²) >= 11 is 0. The van der Waals surface area contributed by atoms with Crippen molar-refractivity contribution in [1.29, 1.82) is 0 Å². The number of rotatable bonds is 7. The molecule has 0 aliphatic heterocycles. The number of nitrogens with zero attached hydrogens (tertiary/aromatic N) is 3. The Balaban J connectivity index is 1.57. The molecule has 0 unspecified atom stereocenters. The fraction of sp³-hybridized carbons (Fsp3) is 0.160. The van der Waals surface area contributed by atoms with Crippen molar-refractivity contribution >= 4 is 17.5 Å². The van der Waals surface area contributed by atoms with Gasteiger partial charge in [-0.2, -0.15) is 18.2 Å². The van der Waals surface area contributed by atoms with Crippen molar-refractivity contribution < 1.29 is 22.6 Å². The lowest BCUT2D eigenvalue weighted by molar-refractivity contribution is -0.141. The third kappa shape index (κ3) is 5.60. The first-order chi connectivity index (χ1) is 16.8. The number of alkyl halides is 3. The van der Waals surface area contributed by atoms with E-state index in [1.807, 2.05) is 31.2 Å². The van der Waals surface area contributed by atoms with Crippen LogP contribution in [0.1, 0.15) is 18.2 Å². The number of halogens is 3. The Morgan fingerprint density at radius 2 is 1.71 bits per heavy atom. The van der Waals surface area contributed by atoms with Crippen molar-refractivity contribution in [2.45, 2.75) is 19.5 Å². The van der Waals surface area contributed by atoms with Gasteiger partial charge < -0.3 is 20.5 Å². The Kier molecular flexibility index (Phi) is 6.72. The molecule has 0 saturated carbocycles. The average Bonchev–Trinajstić information content (AvgIpc) is 2.84. The van der Waals surface area contributed by atoms with Gasteiger partial charge in [-0.25, -0.2) is 4.98 Å². The molecule has 0 atom stereocenters. The summed E-state index contributed by atoms with van der Waals surface area (Å²) in [4.78, 5) is 12.1. The molecule has 3 N–H and O–H groups in total. The highest BCUT2D eigenvalue weighted by atomic mass is 19.4. The molecule has 0 fully saturated rings. The number of pyridine rings is 1. The summed E-state index contributed by atoms with van der Waals surface area (Å²) in [7, 11) is 1.60. The van der Waals surface area contributed by atoms with Gasteiger partial charge in [-0.3, -0.25) is 4.98 Å². The van der Waals surface area contributed by atoms with Gasteiger partial charge in [0, 0.05) is 29.1 Å². The topological polar surface area (TPSA) is 95.2 Å². The van der Waals surface area contributed by atoms with Crippen LogP contribution in [0.3, 0.4) is 0 Å². The Bertz CT molecular complexity index is 1330. The maximum Gasteiger partial charge on any atom is 0.433 e. The van der Waals surface area contributed by atoms with E-state index in [2.05, 4.69) is 20.3 Å². The Morgan fingerprint density at radius 3 is 2.40 bits per heavy atom. The average molecular weight is 481 g/mol. The molecule has 0 radical (unpaired) electrons. The van der Waals surface area contributed by atoms with E-state index in [0.717, 1.165) is 23.4 Å². The smallest absolute Gasteiger partial charge is 0.433 e. The lowest BCUT2D eigenvalue weighted by Crippen LogP contribution is -2.07. The van der Waals surface area contributed by atoms with Crippen LogP contribution < -0.4 is 20.5 Å². The summed E-state index contributed by atoms with van der Waals surface area (Å²) in [5.41, 5.74) is 8.07. The van der Waals surface area contributed by atoms with Crippen molar-refractivity contribution in [2.75, 3.05) is 18.2 Å². The fourth-order valence-corrected chi connectivity index (χ4v) is 3.46. The summed E-state index contributed by atoms with van der Waals surface area (Å²) in [6, 6.07) is 16.4. The third-order valence-corrected chi connectivity index (χ3v) is 5.10. The second-order valence-corrected chi connectivity index (χ2v) is 7.47.